The maximum Gasteiger partial charge on any atom is 0.322 e. The number of halogens is 2. The fourth-order valence-electron chi connectivity index (χ4n) is 3.88. The van der Waals surface area contributed by atoms with Crippen LogP contribution in [0.5, 0.6) is 0 Å². The second-order valence-corrected chi connectivity index (χ2v) is 8.17. The van der Waals surface area contributed by atoms with Crippen LogP contribution in [0.15, 0.2) is 48.7 Å². The molecular formula is C23H24ClFN4O. The number of hydrogen-bond acceptors (Lipinski definition) is 2. The summed E-state index contributed by atoms with van der Waals surface area (Å²) < 4.78 is 16.3. The van der Waals surface area contributed by atoms with E-state index in [4.69, 9.17) is 11.6 Å². The Kier molecular flexibility index (Phi) is 5.77. The van der Waals surface area contributed by atoms with E-state index in [1.165, 1.54) is 23.3 Å². The van der Waals surface area contributed by atoms with Crippen LogP contribution in [0.1, 0.15) is 41.5 Å². The molecule has 7 heteroatoms. The van der Waals surface area contributed by atoms with E-state index >= 15 is 0 Å². The Balaban J connectivity index is 1.56. The van der Waals surface area contributed by atoms with Crippen LogP contribution in [-0.2, 0) is 6.54 Å². The monoisotopic (exact) mass is 426 g/mol. The average molecular weight is 427 g/mol. The van der Waals surface area contributed by atoms with Crippen LogP contribution in [-0.4, -0.2) is 27.0 Å². The number of nitrogens with zero attached hydrogens (tertiary/aromatic N) is 3. The zero-order valence-electron chi connectivity index (χ0n) is 17.0. The third-order valence-electron chi connectivity index (χ3n) is 5.53. The lowest BCUT2D eigenvalue weighted by molar-refractivity contribution is 0.204. The highest BCUT2D eigenvalue weighted by atomic mass is 35.5. The Morgan fingerprint density at radius 2 is 2.00 bits per heavy atom. The summed E-state index contributed by atoms with van der Waals surface area (Å²) in [6.45, 7) is 5.38. The van der Waals surface area contributed by atoms with Crippen molar-refractivity contribution in [1.29, 1.82) is 0 Å². The molecule has 156 valence electrons. The molecule has 1 N–H and O–H groups in total. The number of nitrogens with one attached hydrogen (secondary N) is 1. The Hall–Kier alpha value is -2.86. The van der Waals surface area contributed by atoms with Crippen molar-refractivity contribution in [1.82, 2.24) is 14.5 Å². The van der Waals surface area contributed by atoms with Crippen molar-refractivity contribution in [3.63, 3.8) is 0 Å². The number of anilines is 1. The highest BCUT2D eigenvalue weighted by Gasteiger charge is 2.33. The van der Waals surface area contributed by atoms with Crippen LogP contribution in [0, 0.1) is 19.7 Å². The third-order valence-corrected chi connectivity index (χ3v) is 5.77. The predicted octanol–water partition coefficient (Wildman–Crippen LogP) is 5.71. The molecule has 1 fully saturated rings. The fourth-order valence-corrected chi connectivity index (χ4v) is 4.04. The lowest BCUT2D eigenvalue weighted by Crippen LogP contribution is -2.35. The summed E-state index contributed by atoms with van der Waals surface area (Å²) in [5.41, 5.74) is 3.56. The molecule has 1 aliphatic heterocycles. The molecule has 0 saturated carbocycles. The summed E-state index contributed by atoms with van der Waals surface area (Å²) in [6.07, 6.45) is 3.54. The standard InChI is InChI=1S/C23H24ClFN4O/c1-15-5-7-17(8-6-15)14-29-16(2)13-26-22(29)21-4-3-11-28(21)23(30)27-20-10-9-18(24)12-19(20)25/h5-10,12-13,21H,3-4,11,14H2,1-2H3,(H,27,30)/t21-/m1/s1. The quantitative estimate of drug-likeness (QED) is 0.580. The molecule has 1 atom stereocenters. The minimum Gasteiger partial charge on any atom is -0.326 e. The highest BCUT2D eigenvalue weighted by molar-refractivity contribution is 6.30. The zero-order valence-corrected chi connectivity index (χ0v) is 17.8. The largest absolute Gasteiger partial charge is 0.326 e. The molecule has 0 unspecified atom stereocenters. The molecule has 30 heavy (non-hydrogen) atoms. The summed E-state index contributed by atoms with van der Waals surface area (Å²) in [5, 5.41) is 2.97. The molecular weight excluding hydrogens is 403 g/mol. The Morgan fingerprint density at radius 3 is 2.73 bits per heavy atom. The molecule has 2 aromatic carbocycles. The molecule has 5 nitrogen and oxygen atoms in total. The number of urea groups is 1. The number of hydrogen-bond donors (Lipinski definition) is 1. The van der Waals surface area contributed by atoms with Gasteiger partial charge in [-0.05, 0) is 50.5 Å². The minimum absolute atomic E-state index is 0.120. The number of carbonyl (C=O) groups excluding carboxylic acids is 1. The summed E-state index contributed by atoms with van der Waals surface area (Å²) in [5.74, 6) is 0.306. The van der Waals surface area contributed by atoms with Crippen LogP contribution >= 0.6 is 11.6 Å². The van der Waals surface area contributed by atoms with Gasteiger partial charge in [-0.3, -0.25) is 0 Å². The Bertz CT molecular complexity index is 1060. The summed E-state index contributed by atoms with van der Waals surface area (Å²) in [6, 6.07) is 12.1. The molecule has 4 rings (SSSR count). The van der Waals surface area contributed by atoms with E-state index in [0.717, 1.165) is 24.4 Å². The second-order valence-electron chi connectivity index (χ2n) is 7.74. The maximum absolute atomic E-state index is 14.1. The first-order valence-electron chi connectivity index (χ1n) is 10.0. The van der Waals surface area contributed by atoms with Gasteiger partial charge < -0.3 is 14.8 Å². The van der Waals surface area contributed by atoms with E-state index in [-0.39, 0.29) is 22.8 Å². The first kappa shape index (κ1) is 20.4. The van der Waals surface area contributed by atoms with Crippen molar-refractivity contribution < 1.29 is 9.18 Å². The number of imidazole rings is 1. The summed E-state index contributed by atoms with van der Waals surface area (Å²) in [4.78, 5) is 19.3. The lowest BCUT2D eigenvalue weighted by Gasteiger charge is -2.26. The van der Waals surface area contributed by atoms with Crippen LogP contribution in [0.3, 0.4) is 0 Å². The number of amides is 2. The van der Waals surface area contributed by atoms with Gasteiger partial charge in [-0.25, -0.2) is 14.2 Å². The smallest absolute Gasteiger partial charge is 0.322 e. The molecule has 0 aliphatic carbocycles. The van der Waals surface area contributed by atoms with E-state index in [2.05, 4.69) is 46.1 Å². The number of aryl methyl sites for hydroxylation is 2. The maximum atomic E-state index is 14.1. The first-order valence-corrected chi connectivity index (χ1v) is 10.4. The molecule has 1 aromatic heterocycles. The zero-order chi connectivity index (χ0) is 21.3. The molecule has 1 saturated heterocycles. The van der Waals surface area contributed by atoms with Crippen LogP contribution in [0.4, 0.5) is 14.9 Å². The Labute approximate surface area is 180 Å². The number of carbonyl (C=O) groups is 1. The van der Waals surface area contributed by atoms with Crippen LogP contribution < -0.4 is 5.32 Å². The Morgan fingerprint density at radius 1 is 1.23 bits per heavy atom. The van der Waals surface area contributed by atoms with Gasteiger partial charge in [0, 0.05) is 30.0 Å². The van der Waals surface area contributed by atoms with Crippen molar-refractivity contribution in [2.45, 2.75) is 39.3 Å². The fraction of sp³-hybridized carbons (Fsp3) is 0.304. The molecule has 0 bridgehead atoms. The average Bonchev–Trinajstić information content (AvgIpc) is 3.33. The van der Waals surface area contributed by atoms with Gasteiger partial charge in [-0.1, -0.05) is 41.4 Å². The first-order chi connectivity index (χ1) is 14.4. The predicted molar refractivity (Wildman–Crippen MR) is 116 cm³/mol. The number of likely N-dealkylation sites (tertiary alicyclic amines) is 1. The van der Waals surface area contributed by atoms with E-state index < -0.39 is 5.82 Å². The van der Waals surface area contributed by atoms with Gasteiger partial charge in [-0.15, -0.1) is 0 Å². The molecule has 1 aliphatic rings. The normalized spacial score (nSPS) is 16.1. The van der Waals surface area contributed by atoms with Crippen molar-refractivity contribution in [3.05, 3.63) is 82.1 Å². The summed E-state index contributed by atoms with van der Waals surface area (Å²) in [7, 11) is 0. The van der Waals surface area contributed by atoms with Gasteiger partial charge in [0.1, 0.15) is 11.6 Å². The van der Waals surface area contributed by atoms with Gasteiger partial charge >= 0.3 is 6.03 Å². The molecule has 2 heterocycles. The minimum atomic E-state index is -0.552. The van der Waals surface area contributed by atoms with Gasteiger partial charge in [0.2, 0.25) is 0 Å². The topological polar surface area (TPSA) is 50.2 Å². The van der Waals surface area contributed by atoms with Gasteiger partial charge in [0.05, 0.1) is 11.7 Å². The number of aromatic nitrogens is 2. The van der Waals surface area contributed by atoms with Gasteiger partial charge in [0.15, 0.2) is 0 Å². The van der Waals surface area contributed by atoms with Gasteiger partial charge in [-0.2, -0.15) is 0 Å². The lowest BCUT2D eigenvalue weighted by atomic mass is 10.1. The van der Waals surface area contributed by atoms with E-state index in [9.17, 15) is 9.18 Å². The van der Waals surface area contributed by atoms with Crippen LogP contribution in [0.2, 0.25) is 5.02 Å². The third kappa shape index (κ3) is 4.19. The molecule has 0 radical (unpaired) electrons. The SMILES string of the molecule is Cc1ccc(Cn2c(C)cnc2[C@H]2CCCN2C(=O)Nc2ccc(Cl)cc2F)cc1. The van der Waals surface area contributed by atoms with Crippen LogP contribution in [0.25, 0.3) is 0 Å². The van der Waals surface area contributed by atoms with Gasteiger partial charge in [0.25, 0.3) is 0 Å². The molecule has 0 spiro atoms. The second kappa shape index (κ2) is 8.48. The number of rotatable bonds is 4. The van der Waals surface area contributed by atoms with Crippen molar-refractivity contribution >= 4 is 23.3 Å². The van der Waals surface area contributed by atoms with Crippen molar-refractivity contribution in [2.75, 3.05) is 11.9 Å². The highest BCUT2D eigenvalue weighted by Crippen LogP contribution is 2.33. The van der Waals surface area contributed by atoms with E-state index in [1.54, 1.807) is 11.0 Å². The van der Waals surface area contributed by atoms with E-state index in [1.807, 2.05) is 13.1 Å². The van der Waals surface area contributed by atoms with Crippen molar-refractivity contribution in [2.24, 2.45) is 0 Å². The molecule has 2 amide bonds. The van der Waals surface area contributed by atoms with E-state index in [0.29, 0.717) is 13.1 Å². The number of benzene rings is 2. The molecule has 3 aromatic rings. The van der Waals surface area contributed by atoms with Crippen molar-refractivity contribution in [3.8, 4) is 0 Å². The summed E-state index contributed by atoms with van der Waals surface area (Å²) >= 11 is 5.80.